The fourth-order valence-corrected chi connectivity index (χ4v) is 1.32. The summed E-state index contributed by atoms with van der Waals surface area (Å²) in [5, 5.41) is 0. The zero-order valence-electron chi connectivity index (χ0n) is 7.71. The lowest BCUT2D eigenvalue weighted by molar-refractivity contribution is -0.526. The van der Waals surface area contributed by atoms with Gasteiger partial charge in [-0.3, -0.25) is 0 Å². The molecular formula is C10H7N2O3+. The van der Waals surface area contributed by atoms with Crippen molar-refractivity contribution < 1.29 is 4.43 Å². The minimum Gasteiger partial charge on any atom is -0.232 e. The lowest BCUT2D eigenvalue weighted by atomic mass is 10.1. The Balaban J connectivity index is 2.42. The van der Waals surface area contributed by atoms with Gasteiger partial charge in [-0.25, -0.2) is 4.79 Å². The van der Waals surface area contributed by atoms with Gasteiger partial charge in [0.2, 0.25) is 0 Å². The molecule has 0 unspecified atom stereocenters. The van der Waals surface area contributed by atoms with E-state index in [1.807, 2.05) is 18.2 Å². The van der Waals surface area contributed by atoms with Gasteiger partial charge in [0, 0.05) is 11.4 Å². The van der Waals surface area contributed by atoms with Gasteiger partial charge in [-0.2, -0.15) is 4.79 Å². The summed E-state index contributed by atoms with van der Waals surface area (Å²) in [7, 11) is 0. The van der Waals surface area contributed by atoms with Crippen LogP contribution in [0.1, 0.15) is 11.3 Å². The maximum Gasteiger partial charge on any atom is 0.587 e. The highest BCUT2D eigenvalue weighted by atomic mass is 16.3. The molecule has 0 saturated carbocycles. The van der Waals surface area contributed by atoms with Gasteiger partial charge >= 0.3 is 11.2 Å². The van der Waals surface area contributed by atoms with Gasteiger partial charge in [0.1, 0.15) is 0 Å². The number of aromatic nitrogens is 2. The molecule has 0 spiro atoms. The van der Waals surface area contributed by atoms with Crippen LogP contribution >= 0.6 is 0 Å². The van der Waals surface area contributed by atoms with E-state index in [1.165, 1.54) is 0 Å². The second-order valence-corrected chi connectivity index (χ2v) is 3.10. The van der Waals surface area contributed by atoms with Crippen LogP contribution in [-0.2, 0) is 6.42 Å². The van der Waals surface area contributed by atoms with Crippen LogP contribution in [-0.4, -0.2) is 4.98 Å². The topological polar surface area (TPSA) is 70.0 Å². The molecule has 0 amide bonds. The highest BCUT2D eigenvalue weighted by Gasteiger charge is 2.21. The molecule has 0 radical (unpaired) electrons. The molecule has 0 N–H and O–H groups in total. The number of nitrogens with zero attached hydrogens (tertiary/aromatic N) is 2. The van der Waals surface area contributed by atoms with E-state index in [0.717, 1.165) is 5.56 Å². The second-order valence-electron chi connectivity index (χ2n) is 3.10. The molecule has 74 valence electrons. The molecule has 1 aromatic carbocycles. The Morgan fingerprint density at radius 1 is 1.13 bits per heavy atom. The predicted octanol–water partition coefficient (Wildman–Crippen LogP) is -0.817. The third-order valence-electron chi connectivity index (χ3n) is 2.05. The zero-order valence-corrected chi connectivity index (χ0v) is 7.71. The molecule has 0 aliphatic carbocycles. The van der Waals surface area contributed by atoms with Gasteiger partial charge in [-0.05, 0) is 5.56 Å². The first-order valence-electron chi connectivity index (χ1n) is 4.35. The molecular weight excluding hydrogens is 196 g/mol. The van der Waals surface area contributed by atoms with Crippen molar-refractivity contribution in [3.63, 3.8) is 0 Å². The molecule has 0 atom stereocenters. The Labute approximate surface area is 84.0 Å². The monoisotopic (exact) mass is 203 g/mol. The zero-order chi connectivity index (χ0) is 10.8. The van der Waals surface area contributed by atoms with E-state index in [-0.39, 0.29) is 16.5 Å². The summed E-state index contributed by atoms with van der Waals surface area (Å²) in [6.07, 6.45) is 0.212. The van der Waals surface area contributed by atoms with Gasteiger partial charge in [0.25, 0.3) is 5.69 Å². The van der Waals surface area contributed by atoms with Crippen molar-refractivity contribution in [2.24, 2.45) is 0 Å². The summed E-state index contributed by atoms with van der Waals surface area (Å²) in [4.78, 5) is 36.2. The third kappa shape index (κ3) is 1.71. The van der Waals surface area contributed by atoms with Crippen molar-refractivity contribution in [3.05, 3.63) is 67.3 Å². The summed E-state index contributed by atoms with van der Waals surface area (Å²) in [5.74, 6) is 0. The van der Waals surface area contributed by atoms with Crippen LogP contribution in [0.2, 0.25) is 0 Å². The van der Waals surface area contributed by atoms with E-state index < -0.39 is 11.2 Å². The number of hydrogen-bond acceptors (Lipinski definition) is 4. The lowest BCUT2D eigenvalue weighted by Crippen LogP contribution is -2.44. The fraction of sp³-hybridized carbons (Fsp3) is 0.100. The van der Waals surface area contributed by atoms with Crippen LogP contribution in [0.25, 0.3) is 0 Å². The van der Waals surface area contributed by atoms with Crippen LogP contribution in [0.3, 0.4) is 0 Å². The fourth-order valence-electron chi connectivity index (χ4n) is 1.32. The molecule has 5 nitrogen and oxygen atoms in total. The maximum atomic E-state index is 11.2. The summed E-state index contributed by atoms with van der Waals surface area (Å²) >= 11 is 0. The summed E-state index contributed by atoms with van der Waals surface area (Å²) in [6.45, 7) is 0. The van der Waals surface area contributed by atoms with Gasteiger partial charge in [-0.15, -0.1) is 0 Å². The SMILES string of the molecule is O=c1nc(Cc2ccccc2)c(=O)[n+]1=O. The molecule has 0 fully saturated rings. The van der Waals surface area contributed by atoms with E-state index in [9.17, 15) is 14.5 Å². The first-order chi connectivity index (χ1) is 7.18. The van der Waals surface area contributed by atoms with Crippen LogP contribution in [0.5, 0.6) is 0 Å². The number of benzene rings is 1. The first-order valence-corrected chi connectivity index (χ1v) is 4.35. The van der Waals surface area contributed by atoms with E-state index in [4.69, 9.17) is 0 Å². The molecule has 5 heteroatoms. The maximum absolute atomic E-state index is 11.2. The summed E-state index contributed by atoms with van der Waals surface area (Å²) < 4.78 is -0.224. The molecule has 0 aliphatic heterocycles. The minimum absolute atomic E-state index is 0.00111. The molecule has 2 rings (SSSR count). The first kappa shape index (κ1) is 9.39. The third-order valence-corrected chi connectivity index (χ3v) is 2.05. The highest BCUT2D eigenvalue weighted by molar-refractivity contribution is 5.19. The van der Waals surface area contributed by atoms with Crippen molar-refractivity contribution in [3.8, 4) is 0 Å². The van der Waals surface area contributed by atoms with Gasteiger partial charge < -0.3 is 0 Å². The Bertz CT molecular complexity index is 612. The van der Waals surface area contributed by atoms with Crippen molar-refractivity contribution in [1.82, 2.24) is 4.98 Å². The van der Waals surface area contributed by atoms with Crippen LogP contribution in [0.15, 0.2) is 39.9 Å². The van der Waals surface area contributed by atoms with Crippen molar-refractivity contribution in [2.45, 2.75) is 6.42 Å². The second kappa shape index (κ2) is 3.53. The molecule has 0 saturated heterocycles. The van der Waals surface area contributed by atoms with Gasteiger partial charge in [0.15, 0.2) is 0 Å². The Morgan fingerprint density at radius 2 is 1.80 bits per heavy atom. The smallest absolute Gasteiger partial charge is 0.232 e. The molecule has 2 aromatic rings. The Hall–Kier alpha value is -2.17. The van der Waals surface area contributed by atoms with E-state index in [0.29, 0.717) is 0 Å². The molecule has 15 heavy (non-hydrogen) atoms. The van der Waals surface area contributed by atoms with Crippen molar-refractivity contribution in [2.75, 3.05) is 0 Å². The molecule has 1 heterocycles. The highest BCUT2D eigenvalue weighted by Crippen LogP contribution is 2.01. The van der Waals surface area contributed by atoms with Gasteiger partial charge in [0.05, 0.1) is 4.43 Å². The Morgan fingerprint density at radius 3 is 2.33 bits per heavy atom. The van der Waals surface area contributed by atoms with E-state index in [2.05, 4.69) is 4.98 Å². The molecule has 0 aliphatic rings. The van der Waals surface area contributed by atoms with Crippen LogP contribution in [0.4, 0.5) is 0 Å². The largest absolute Gasteiger partial charge is 0.587 e. The average Bonchev–Trinajstić information content (AvgIpc) is 2.48. The normalized spacial score (nSPS) is 10.4. The number of imidazole rings is 1. The summed E-state index contributed by atoms with van der Waals surface area (Å²) in [5.41, 5.74) is -1.05. The van der Waals surface area contributed by atoms with E-state index in [1.54, 1.807) is 12.1 Å². The van der Waals surface area contributed by atoms with Crippen LogP contribution < -0.4 is 15.7 Å². The molecule has 0 bridgehead atoms. The predicted molar refractivity (Wildman–Crippen MR) is 51.8 cm³/mol. The summed E-state index contributed by atoms with van der Waals surface area (Å²) in [6, 6.07) is 9.06. The van der Waals surface area contributed by atoms with E-state index >= 15 is 0 Å². The van der Waals surface area contributed by atoms with Crippen molar-refractivity contribution in [1.29, 1.82) is 0 Å². The quantitative estimate of drug-likeness (QED) is 0.598. The van der Waals surface area contributed by atoms with Gasteiger partial charge in [-0.1, -0.05) is 35.2 Å². The lowest BCUT2D eigenvalue weighted by Gasteiger charge is -1.91. The Kier molecular flexibility index (Phi) is 2.21. The van der Waals surface area contributed by atoms with Crippen molar-refractivity contribution >= 4 is 0 Å². The minimum atomic E-state index is -1.04. The average molecular weight is 203 g/mol. The standard InChI is InChI=1S/C10H7N2O3/c13-9-8(11-10(14)12(9)15)6-7-4-2-1-3-5-7/h1-5H,6H2/q+1. The van der Waals surface area contributed by atoms with Crippen LogP contribution in [0, 0.1) is 4.91 Å². The number of rotatable bonds is 2. The number of hydrogen-bond donors (Lipinski definition) is 0. The molecule has 1 aromatic heterocycles.